The summed E-state index contributed by atoms with van der Waals surface area (Å²) in [4.78, 5) is 40.8. The number of nitrogens with one attached hydrogen (secondary N) is 2. The lowest BCUT2D eigenvalue weighted by atomic mass is 10.1. The van der Waals surface area contributed by atoms with Crippen LogP contribution in [0.2, 0.25) is 0 Å². The summed E-state index contributed by atoms with van der Waals surface area (Å²) in [7, 11) is 13.8. The Kier molecular flexibility index (Phi) is 15.4. The van der Waals surface area contributed by atoms with Gasteiger partial charge in [-0.1, -0.05) is 13.2 Å². The molecule has 0 aromatic heterocycles. The van der Waals surface area contributed by atoms with Gasteiger partial charge in [0.05, 0.1) is 30.5 Å². The number of amides is 2. The highest BCUT2D eigenvalue weighted by Gasteiger charge is 2.30. The minimum atomic E-state index is -1.17. The minimum absolute atomic E-state index is 0.0180. The van der Waals surface area contributed by atoms with Gasteiger partial charge in [-0.05, 0) is 40.3 Å². The molecule has 46 heavy (non-hydrogen) atoms. The van der Waals surface area contributed by atoms with Gasteiger partial charge in [0.25, 0.3) is 0 Å². The fourth-order valence-electron chi connectivity index (χ4n) is 3.86. The Bertz CT molecular complexity index is 1420. The van der Waals surface area contributed by atoms with Gasteiger partial charge in [-0.25, -0.2) is 4.39 Å². The first kappa shape index (κ1) is 39.1. The van der Waals surface area contributed by atoms with Crippen molar-refractivity contribution in [2.24, 2.45) is 0 Å². The lowest BCUT2D eigenvalue weighted by Gasteiger charge is -2.25. The van der Waals surface area contributed by atoms with Crippen LogP contribution in [0.15, 0.2) is 37.4 Å². The van der Waals surface area contributed by atoms with Gasteiger partial charge < -0.3 is 45.4 Å². The van der Waals surface area contributed by atoms with Gasteiger partial charge in [-0.2, -0.15) is 4.39 Å². The molecule has 0 atom stereocenters. The van der Waals surface area contributed by atoms with Crippen molar-refractivity contribution >= 4 is 45.9 Å². The number of hydrogen-bond acceptors (Lipinski definition) is 11. The van der Waals surface area contributed by atoms with Crippen LogP contribution in [0.1, 0.15) is 0 Å². The highest BCUT2D eigenvalue weighted by atomic mass is 19.1. The van der Waals surface area contributed by atoms with Gasteiger partial charge in [0.1, 0.15) is 22.8 Å². The molecule has 0 unspecified atom stereocenters. The number of benzene rings is 2. The second-order valence-corrected chi connectivity index (χ2v) is 10.4. The Labute approximate surface area is 268 Å². The number of rotatable bonds is 15. The molecule has 0 spiro atoms. The van der Waals surface area contributed by atoms with Gasteiger partial charge in [-0.3, -0.25) is 19.7 Å². The lowest BCUT2D eigenvalue weighted by molar-refractivity contribution is -0.388. The first-order chi connectivity index (χ1) is 21.5. The van der Waals surface area contributed by atoms with Gasteiger partial charge in [-0.15, -0.1) is 0 Å². The molecule has 0 aliphatic carbocycles. The highest BCUT2D eigenvalue weighted by Crippen LogP contribution is 2.42. The summed E-state index contributed by atoms with van der Waals surface area (Å²) < 4.78 is 39.2. The van der Waals surface area contributed by atoms with Crippen LogP contribution < -0.4 is 35.6 Å². The molecule has 2 amide bonds. The number of ether oxygens (including phenoxy) is 2. The molecular weight excluding hydrogens is 606 g/mol. The van der Waals surface area contributed by atoms with E-state index < -0.39 is 34.1 Å². The maximum Gasteiger partial charge on any atom is 0.348 e. The quantitative estimate of drug-likeness (QED) is 0.112. The van der Waals surface area contributed by atoms with E-state index in [2.05, 4.69) is 23.8 Å². The largest absolute Gasteiger partial charge is 0.494 e. The summed E-state index contributed by atoms with van der Waals surface area (Å²) in [6.07, 6.45) is 2.03. The highest BCUT2D eigenvalue weighted by molar-refractivity contribution is 6.03. The second kappa shape index (κ2) is 18.1. The van der Waals surface area contributed by atoms with E-state index in [9.17, 15) is 28.5 Å². The van der Waals surface area contributed by atoms with Crippen molar-refractivity contribution in [1.29, 1.82) is 0 Å². The molecule has 254 valence electrons. The van der Waals surface area contributed by atoms with Crippen LogP contribution in [-0.4, -0.2) is 109 Å². The third kappa shape index (κ3) is 10.6. The van der Waals surface area contributed by atoms with E-state index in [1.54, 1.807) is 25.1 Å². The molecule has 0 aliphatic rings. The van der Waals surface area contributed by atoms with Gasteiger partial charge in [0.15, 0.2) is 5.82 Å². The van der Waals surface area contributed by atoms with E-state index in [0.29, 0.717) is 25.3 Å². The van der Waals surface area contributed by atoms with E-state index in [1.165, 1.54) is 20.3 Å². The second-order valence-electron chi connectivity index (χ2n) is 10.4. The van der Waals surface area contributed by atoms with Crippen LogP contribution >= 0.6 is 0 Å². The van der Waals surface area contributed by atoms with Crippen molar-refractivity contribution in [3.63, 3.8) is 0 Å². The van der Waals surface area contributed by atoms with Crippen molar-refractivity contribution in [1.82, 2.24) is 9.80 Å². The van der Waals surface area contributed by atoms with Crippen molar-refractivity contribution in [2.75, 3.05) is 109 Å². The first-order valence-corrected chi connectivity index (χ1v) is 13.8. The Morgan fingerprint density at radius 3 is 1.57 bits per heavy atom. The van der Waals surface area contributed by atoms with Crippen molar-refractivity contribution in [3.05, 3.63) is 59.2 Å². The molecule has 0 saturated carbocycles. The first-order valence-electron chi connectivity index (χ1n) is 13.8. The molecule has 2 rings (SSSR count). The average Bonchev–Trinajstić information content (AvgIpc) is 3.01. The number of likely N-dealkylation sites (N-methyl/N-ethyl adjacent to an activating group) is 4. The number of carbonyl (C=O) groups excluding carboxylic acids is 2. The molecular formula is C30H44F2N8O6. The number of anilines is 5. The molecule has 0 saturated heterocycles. The SMILES string of the molecule is C=CC(=O)Nc1c(N(C)CCN(C)C)cc(OC)c(N)c1F.C=CC(=O)Nc1c(N(C)CCN(C)C)cc(OC)c([N+](=O)[O-])c1F. The Hall–Kier alpha value is -4.96. The molecule has 2 aromatic carbocycles. The number of nitro benzene ring substituents is 1. The van der Waals surface area contributed by atoms with Crippen LogP contribution in [0, 0.1) is 21.7 Å². The smallest absolute Gasteiger partial charge is 0.348 e. The number of nitrogen functional groups attached to an aromatic ring is 1. The standard InChI is InChI=1S/C15H21FN4O4.C15H23FN4O2/c1-6-12(21)17-14-10(19(4)8-7-18(2)3)9-11(24-5)15(13(14)16)20(22)23;1-6-12(21)18-15-10(20(4)8-7-19(2)3)9-11(22-5)14(17)13(15)16/h6,9H,1,7-8H2,2-5H3,(H,17,21);6,9H,1,7-8,17H2,2-5H3,(H,18,21). The lowest BCUT2D eigenvalue weighted by Crippen LogP contribution is -2.29. The van der Waals surface area contributed by atoms with E-state index in [1.807, 2.05) is 42.9 Å². The topological polar surface area (TPSA) is 159 Å². The van der Waals surface area contributed by atoms with Gasteiger partial charge in [0.2, 0.25) is 23.4 Å². The van der Waals surface area contributed by atoms with E-state index >= 15 is 0 Å². The number of nitrogens with two attached hydrogens (primary N) is 1. The van der Waals surface area contributed by atoms with Crippen molar-refractivity contribution in [2.45, 2.75) is 0 Å². The van der Waals surface area contributed by atoms with Crippen LogP contribution in [0.25, 0.3) is 0 Å². The predicted octanol–water partition coefficient (Wildman–Crippen LogP) is 3.40. The molecule has 0 bridgehead atoms. The summed E-state index contributed by atoms with van der Waals surface area (Å²) in [6, 6.07) is 2.93. The average molecular weight is 651 g/mol. The number of carbonyl (C=O) groups is 2. The molecule has 4 N–H and O–H groups in total. The molecule has 0 heterocycles. The third-order valence-corrected chi connectivity index (χ3v) is 6.51. The molecule has 0 radical (unpaired) electrons. The van der Waals surface area contributed by atoms with Crippen LogP contribution in [-0.2, 0) is 9.59 Å². The van der Waals surface area contributed by atoms with Gasteiger partial charge in [0, 0.05) is 52.4 Å². The van der Waals surface area contributed by atoms with E-state index in [4.69, 9.17) is 15.2 Å². The molecule has 14 nitrogen and oxygen atoms in total. The summed E-state index contributed by atoms with van der Waals surface area (Å²) >= 11 is 0. The van der Waals surface area contributed by atoms with Crippen molar-refractivity contribution < 1.29 is 32.8 Å². The number of methoxy groups -OCH3 is 2. The minimum Gasteiger partial charge on any atom is -0.494 e. The zero-order chi connectivity index (χ0) is 35.3. The van der Waals surface area contributed by atoms with Crippen LogP contribution in [0.5, 0.6) is 11.5 Å². The Morgan fingerprint density at radius 2 is 1.22 bits per heavy atom. The summed E-state index contributed by atoms with van der Waals surface area (Å²) in [5, 5.41) is 15.9. The maximum atomic E-state index is 14.7. The fourth-order valence-corrected chi connectivity index (χ4v) is 3.86. The van der Waals surface area contributed by atoms with Crippen molar-refractivity contribution in [3.8, 4) is 11.5 Å². The van der Waals surface area contributed by atoms with E-state index in [-0.39, 0.29) is 34.2 Å². The molecule has 2 aromatic rings. The van der Waals surface area contributed by atoms with Crippen LogP contribution in [0.4, 0.5) is 42.9 Å². The van der Waals surface area contributed by atoms with E-state index in [0.717, 1.165) is 18.7 Å². The van der Waals surface area contributed by atoms with Gasteiger partial charge >= 0.3 is 5.69 Å². The normalized spacial score (nSPS) is 10.4. The number of nitro groups is 1. The third-order valence-electron chi connectivity index (χ3n) is 6.51. The maximum absolute atomic E-state index is 14.7. The van der Waals surface area contributed by atoms with Crippen LogP contribution in [0.3, 0.4) is 0 Å². The monoisotopic (exact) mass is 650 g/mol. The molecule has 0 aliphatic heterocycles. The zero-order valence-corrected chi connectivity index (χ0v) is 27.6. The zero-order valence-electron chi connectivity index (χ0n) is 27.6. The fraction of sp³-hybridized carbons (Fsp3) is 0.400. The predicted molar refractivity (Wildman–Crippen MR) is 178 cm³/mol. The summed E-state index contributed by atoms with van der Waals surface area (Å²) in [5.74, 6) is -3.06. The summed E-state index contributed by atoms with van der Waals surface area (Å²) in [5.41, 5.74) is 5.21. The Morgan fingerprint density at radius 1 is 0.826 bits per heavy atom. The number of hydrogen-bond donors (Lipinski definition) is 3. The number of halogens is 2. The molecule has 0 fully saturated rings. The number of nitrogens with zero attached hydrogens (tertiary/aromatic N) is 5. The Balaban J connectivity index is 0.000000462. The molecule has 16 heteroatoms. The summed E-state index contributed by atoms with van der Waals surface area (Å²) in [6.45, 7) is 9.23.